The van der Waals surface area contributed by atoms with Gasteiger partial charge in [0, 0.05) is 38.1 Å². The lowest BCUT2D eigenvalue weighted by Crippen LogP contribution is -2.45. The van der Waals surface area contributed by atoms with Crippen molar-refractivity contribution >= 4 is 28.4 Å². The summed E-state index contributed by atoms with van der Waals surface area (Å²) in [6.45, 7) is 5.11. The van der Waals surface area contributed by atoms with Crippen LogP contribution in [0.2, 0.25) is 0 Å². The topological polar surface area (TPSA) is 96.7 Å². The van der Waals surface area contributed by atoms with Crippen LogP contribution in [0, 0.1) is 0 Å². The molecule has 10 heteroatoms. The number of carbonyl (C=O) groups is 2. The number of anilines is 1. The first-order valence-corrected chi connectivity index (χ1v) is 14.6. The summed E-state index contributed by atoms with van der Waals surface area (Å²) in [7, 11) is 0. The number of urea groups is 1. The zero-order valence-electron chi connectivity index (χ0n) is 24.1. The molecule has 1 aromatic heterocycles. The molecule has 2 aliphatic rings. The van der Waals surface area contributed by atoms with Gasteiger partial charge in [0.2, 0.25) is 12.7 Å². The number of nitrogens with one attached hydrogen (secondary N) is 1. The van der Waals surface area contributed by atoms with Gasteiger partial charge >= 0.3 is 6.03 Å². The van der Waals surface area contributed by atoms with E-state index < -0.39 is 0 Å². The molecule has 3 heterocycles. The summed E-state index contributed by atoms with van der Waals surface area (Å²) in [5.74, 6) is 1.81. The predicted octanol–water partition coefficient (Wildman–Crippen LogP) is 4.95. The van der Waals surface area contributed by atoms with E-state index in [2.05, 4.69) is 10.2 Å². The molecule has 10 nitrogen and oxygen atoms in total. The van der Waals surface area contributed by atoms with Crippen LogP contribution in [0.1, 0.15) is 17.7 Å². The highest BCUT2D eigenvalue weighted by Crippen LogP contribution is 2.33. The molecule has 0 unspecified atom stereocenters. The SMILES string of the molecule is O=C(CN(CCCN1CCOCC1)C(=O)Nc1cccc2ccccc12)N(Cc1ccc2c(c1)OCO2)Cc1ccco1. The van der Waals surface area contributed by atoms with Crippen molar-refractivity contribution < 1.29 is 28.2 Å². The van der Waals surface area contributed by atoms with E-state index in [1.54, 1.807) is 22.1 Å². The van der Waals surface area contributed by atoms with Crippen LogP contribution < -0.4 is 14.8 Å². The largest absolute Gasteiger partial charge is 0.467 e. The molecule has 0 radical (unpaired) electrons. The van der Waals surface area contributed by atoms with Gasteiger partial charge in [-0.25, -0.2) is 4.79 Å². The van der Waals surface area contributed by atoms with Crippen LogP contribution in [0.3, 0.4) is 0 Å². The molecular formula is C33H36N4O6. The quantitative estimate of drug-likeness (QED) is 0.267. The number of ether oxygens (including phenoxy) is 3. The summed E-state index contributed by atoms with van der Waals surface area (Å²) >= 11 is 0. The van der Waals surface area contributed by atoms with Crippen LogP contribution >= 0.6 is 0 Å². The van der Waals surface area contributed by atoms with Gasteiger partial charge in [-0.2, -0.15) is 0 Å². The number of hydrogen-bond acceptors (Lipinski definition) is 7. The first-order chi connectivity index (χ1) is 21.1. The van der Waals surface area contributed by atoms with Gasteiger partial charge in [-0.15, -0.1) is 0 Å². The molecule has 0 spiro atoms. The van der Waals surface area contributed by atoms with Gasteiger partial charge < -0.3 is 33.7 Å². The summed E-state index contributed by atoms with van der Waals surface area (Å²) in [4.78, 5) is 33.3. The number of nitrogens with zero attached hydrogens (tertiary/aromatic N) is 3. The highest BCUT2D eigenvalue weighted by molar-refractivity contribution is 6.02. The van der Waals surface area contributed by atoms with Crippen molar-refractivity contribution in [2.45, 2.75) is 19.5 Å². The van der Waals surface area contributed by atoms with Crippen molar-refractivity contribution in [3.05, 3.63) is 90.4 Å². The minimum absolute atomic E-state index is 0.0784. The third-order valence-corrected chi connectivity index (χ3v) is 7.74. The van der Waals surface area contributed by atoms with Gasteiger partial charge in [0.15, 0.2) is 11.5 Å². The van der Waals surface area contributed by atoms with Crippen molar-refractivity contribution in [2.75, 3.05) is 58.0 Å². The molecule has 3 aromatic carbocycles. The summed E-state index contributed by atoms with van der Waals surface area (Å²) < 4.78 is 22.1. The number of hydrogen-bond donors (Lipinski definition) is 1. The van der Waals surface area contributed by atoms with E-state index in [-0.39, 0.29) is 31.8 Å². The van der Waals surface area contributed by atoms with Crippen LogP contribution in [-0.2, 0) is 22.6 Å². The van der Waals surface area contributed by atoms with Gasteiger partial charge in [0.05, 0.1) is 31.7 Å². The lowest BCUT2D eigenvalue weighted by atomic mass is 10.1. The zero-order valence-corrected chi connectivity index (χ0v) is 24.1. The minimum Gasteiger partial charge on any atom is -0.467 e. The molecule has 1 fully saturated rings. The van der Waals surface area contributed by atoms with Gasteiger partial charge in [-0.3, -0.25) is 9.69 Å². The number of furan rings is 1. The van der Waals surface area contributed by atoms with Crippen molar-refractivity contribution in [1.82, 2.24) is 14.7 Å². The van der Waals surface area contributed by atoms with Crippen LogP contribution in [0.25, 0.3) is 10.8 Å². The molecule has 1 N–H and O–H groups in total. The van der Waals surface area contributed by atoms with E-state index in [9.17, 15) is 9.59 Å². The van der Waals surface area contributed by atoms with E-state index in [0.717, 1.165) is 42.4 Å². The Kier molecular flexibility index (Phi) is 9.05. The molecule has 1 saturated heterocycles. The number of amides is 3. The Morgan fingerprint density at radius 1 is 0.860 bits per heavy atom. The fourth-order valence-electron chi connectivity index (χ4n) is 5.44. The molecule has 0 bridgehead atoms. The Bertz CT molecular complexity index is 1530. The van der Waals surface area contributed by atoms with Crippen LogP contribution in [-0.4, -0.2) is 79.4 Å². The molecule has 3 amide bonds. The third kappa shape index (κ3) is 7.28. The monoisotopic (exact) mass is 584 g/mol. The van der Waals surface area contributed by atoms with E-state index in [4.69, 9.17) is 18.6 Å². The second-order valence-electron chi connectivity index (χ2n) is 10.7. The molecule has 4 aromatic rings. The van der Waals surface area contributed by atoms with Crippen molar-refractivity contribution in [2.24, 2.45) is 0 Å². The molecular weight excluding hydrogens is 548 g/mol. The van der Waals surface area contributed by atoms with Crippen molar-refractivity contribution in [1.29, 1.82) is 0 Å². The molecule has 0 atom stereocenters. The summed E-state index contributed by atoms with van der Waals surface area (Å²) in [6.07, 6.45) is 2.32. The maximum Gasteiger partial charge on any atom is 0.322 e. The van der Waals surface area contributed by atoms with E-state index in [0.29, 0.717) is 49.2 Å². The standard InChI is InChI=1S/C33H36N4O6/c38-32(37(22-27-8-4-17-41-27)21-25-11-12-30-31(20-25)43-24-42-30)23-36(14-5-13-35-15-18-40-19-16-35)33(39)34-29-10-3-7-26-6-1-2-9-28(26)29/h1-4,6-12,17,20H,5,13-16,18-19,21-24H2,(H,34,39). The van der Waals surface area contributed by atoms with Gasteiger partial charge in [-0.1, -0.05) is 42.5 Å². The summed E-state index contributed by atoms with van der Waals surface area (Å²) in [5.41, 5.74) is 1.60. The average Bonchev–Trinajstić information content (AvgIpc) is 3.73. The lowest BCUT2D eigenvalue weighted by Gasteiger charge is -2.30. The highest BCUT2D eigenvalue weighted by Gasteiger charge is 2.24. The minimum atomic E-state index is -0.312. The third-order valence-electron chi connectivity index (χ3n) is 7.74. The second kappa shape index (κ2) is 13.6. The van der Waals surface area contributed by atoms with E-state index in [1.807, 2.05) is 66.7 Å². The van der Waals surface area contributed by atoms with E-state index in [1.165, 1.54) is 0 Å². The Labute approximate surface area is 250 Å². The molecule has 0 aliphatic carbocycles. The Morgan fingerprint density at radius 2 is 1.70 bits per heavy atom. The van der Waals surface area contributed by atoms with Gasteiger partial charge in [0.1, 0.15) is 12.3 Å². The number of fused-ring (bicyclic) bond motifs is 2. The number of benzene rings is 3. The first kappa shape index (κ1) is 28.6. The number of carbonyl (C=O) groups excluding carboxylic acids is 2. The maximum absolute atomic E-state index is 13.9. The van der Waals surface area contributed by atoms with Gasteiger partial charge in [0.25, 0.3) is 0 Å². The summed E-state index contributed by atoms with van der Waals surface area (Å²) in [6, 6.07) is 22.7. The molecule has 6 rings (SSSR count). The van der Waals surface area contributed by atoms with Crippen LogP contribution in [0.15, 0.2) is 83.5 Å². The highest BCUT2D eigenvalue weighted by atomic mass is 16.7. The van der Waals surface area contributed by atoms with Crippen LogP contribution in [0.4, 0.5) is 10.5 Å². The smallest absolute Gasteiger partial charge is 0.322 e. The fourth-order valence-corrected chi connectivity index (χ4v) is 5.44. The van der Waals surface area contributed by atoms with Crippen LogP contribution in [0.5, 0.6) is 11.5 Å². The fraction of sp³-hybridized carbons (Fsp3) is 0.333. The van der Waals surface area contributed by atoms with E-state index >= 15 is 0 Å². The second-order valence-corrected chi connectivity index (χ2v) is 10.7. The van der Waals surface area contributed by atoms with Crippen molar-refractivity contribution in [3.8, 4) is 11.5 Å². The summed E-state index contributed by atoms with van der Waals surface area (Å²) in [5, 5.41) is 5.05. The maximum atomic E-state index is 13.9. The average molecular weight is 585 g/mol. The van der Waals surface area contributed by atoms with Gasteiger partial charge in [-0.05, 0) is 47.7 Å². The van der Waals surface area contributed by atoms with Crippen molar-refractivity contribution in [3.63, 3.8) is 0 Å². The first-order valence-electron chi connectivity index (χ1n) is 14.6. The zero-order chi connectivity index (χ0) is 29.4. The molecule has 0 saturated carbocycles. The lowest BCUT2D eigenvalue weighted by molar-refractivity contribution is -0.133. The number of rotatable bonds is 11. The molecule has 2 aliphatic heterocycles. The Balaban J connectivity index is 1.20. The Morgan fingerprint density at radius 3 is 2.56 bits per heavy atom. The number of morpholine rings is 1. The predicted molar refractivity (Wildman–Crippen MR) is 162 cm³/mol. The Hall–Kier alpha value is -4.54. The molecule has 43 heavy (non-hydrogen) atoms. The molecule has 224 valence electrons. The normalized spacial score (nSPS) is 14.5.